The van der Waals surface area contributed by atoms with Crippen LogP contribution in [0, 0.1) is 0 Å². The fourth-order valence-corrected chi connectivity index (χ4v) is 0. The van der Waals surface area contributed by atoms with Crippen LogP contribution in [0.15, 0.2) is 25.3 Å². The summed E-state index contributed by atoms with van der Waals surface area (Å²) in [5, 5.41) is 15.2. The fourth-order valence-electron chi connectivity index (χ4n) is 0. The molecule has 2 N–H and O–H groups in total. The van der Waals surface area contributed by atoms with Gasteiger partial charge < -0.3 is 10.2 Å². The molecule has 0 unspecified atom stereocenters. The molecule has 0 bridgehead atoms. The van der Waals surface area contributed by atoms with Crippen LogP contribution in [0.3, 0.4) is 0 Å². The maximum absolute atomic E-state index is 9.25. The maximum atomic E-state index is 9.25. The topological polar surface area (TPSA) is 74.6 Å². The minimum atomic E-state index is -0.981. The summed E-state index contributed by atoms with van der Waals surface area (Å²) in [7, 11) is 0. The van der Waals surface area contributed by atoms with E-state index >= 15 is 0 Å². The van der Waals surface area contributed by atoms with Crippen LogP contribution in [0.5, 0.6) is 0 Å². The number of hydrogen-bond donors (Lipinski definition) is 2. The monoisotopic (exact) mass is 232 g/mol. The summed E-state index contributed by atoms with van der Waals surface area (Å²) in [5.41, 5.74) is 0. The summed E-state index contributed by atoms with van der Waals surface area (Å²) in [4.78, 5) is 18.5. The Bertz CT molecular complexity index is 154. The molecule has 0 aromatic rings. The third-order valence-corrected chi connectivity index (χ3v) is 0.349. The molecule has 0 aliphatic rings. The molecule has 4 heteroatoms. The van der Waals surface area contributed by atoms with Gasteiger partial charge >= 0.3 is 11.9 Å². The fraction of sp³-hybridized carbons (Fsp3) is 0.500. The number of carboxylic acids is 2. The van der Waals surface area contributed by atoms with Crippen LogP contribution >= 0.6 is 0 Å². The van der Waals surface area contributed by atoms with E-state index in [1.165, 1.54) is 12.8 Å². The van der Waals surface area contributed by atoms with E-state index in [1.54, 1.807) is 0 Å². The van der Waals surface area contributed by atoms with E-state index < -0.39 is 11.9 Å². The first-order valence-corrected chi connectivity index (χ1v) is 5.08. The highest BCUT2D eigenvalue weighted by atomic mass is 16.4. The first-order chi connectivity index (χ1) is 7.37. The van der Waals surface area contributed by atoms with Gasteiger partial charge in [-0.25, -0.2) is 9.59 Å². The zero-order chi connectivity index (χ0) is 14.0. The summed E-state index contributed by atoms with van der Waals surface area (Å²) in [6.07, 6.45) is 4.17. The zero-order valence-electron chi connectivity index (χ0n) is 10.7. The minimum Gasteiger partial charge on any atom is -0.478 e. The van der Waals surface area contributed by atoms with Gasteiger partial charge in [0.2, 0.25) is 0 Å². The van der Waals surface area contributed by atoms with E-state index in [9.17, 15) is 9.59 Å². The van der Waals surface area contributed by atoms with E-state index in [-0.39, 0.29) is 0 Å². The molecule has 0 aromatic carbocycles. The average molecular weight is 232 g/mol. The Balaban J connectivity index is -0.0000000621. The van der Waals surface area contributed by atoms with E-state index in [0.29, 0.717) is 0 Å². The second kappa shape index (κ2) is 29.2. The highest BCUT2D eigenvalue weighted by Gasteiger charge is 1.73. The molecular weight excluding hydrogens is 208 g/mol. The average Bonchev–Trinajstić information content (AvgIpc) is 2.21. The van der Waals surface area contributed by atoms with Crippen molar-refractivity contribution >= 4 is 11.9 Å². The van der Waals surface area contributed by atoms with Crippen molar-refractivity contribution in [1.29, 1.82) is 0 Å². The van der Waals surface area contributed by atoms with Gasteiger partial charge in [0, 0.05) is 12.2 Å². The Morgan fingerprint density at radius 3 is 0.938 bits per heavy atom. The molecular formula is C12H24O4. The second-order valence-electron chi connectivity index (χ2n) is 2.50. The normalized spacial score (nSPS) is 6.25. The first kappa shape index (κ1) is 23.9. The maximum Gasteiger partial charge on any atom is 0.327 e. The standard InChI is InChI=1S/2C3H4O2.2C3H8/c2*1-2-3(4)5;2*1-3-2/h2*2H,1H2,(H,4,5);2*3H2,1-2H3. The van der Waals surface area contributed by atoms with Crippen molar-refractivity contribution in [2.45, 2.75) is 40.5 Å². The summed E-state index contributed by atoms with van der Waals surface area (Å²) in [5.74, 6) is -1.96. The van der Waals surface area contributed by atoms with Crippen molar-refractivity contribution in [2.24, 2.45) is 0 Å². The van der Waals surface area contributed by atoms with Crippen molar-refractivity contribution in [2.75, 3.05) is 0 Å². The number of hydrogen-bond acceptors (Lipinski definition) is 2. The molecule has 0 saturated heterocycles. The van der Waals surface area contributed by atoms with Crippen molar-refractivity contribution in [3.63, 3.8) is 0 Å². The van der Waals surface area contributed by atoms with Crippen LogP contribution in [-0.2, 0) is 9.59 Å². The van der Waals surface area contributed by atoms with Gasteiger partial charge in [-0.15, -0.1) is 0 Å². The number of aliphatic carboxylic acids is 2. The van der Waals surface area contributed by atoms with E-state index in [0.717, 1.165) is 12.2 Å². The van der Waals surface area contributed by atoms with Crippen LogP contribution in [0.2, 0.25) is 0 Å². The Hall–Kier alpha value is -1.58. The van der Waals surface area contributed by atoms with Crippen molar-refractivity contribution < 1.29 is 19.8 Å². The van der Waals surface area contributed by atoms with Crippen LogP contribution in [-0.4, -0.2) is 22.2 Å². The van der Waals surface area contributed by atoms with Crippen molar-refractivity contribution in [3.8, 4) is 0 Å². The van der Waals surface area contributed by atoms with E-state index in [4.69, 9.17) is 10.2 Å². The molecule has 0 rings (SSSR count). The molecule has 0 amide bonds. The predicted molar refractivity (Wildman–Crippen MR) is 67.6 cm³/mol. The lowest BCUT2D eigenvalue weighted by molar-refractivity contribution is -0.132. The molecule has 0 aliphatic carbocycles. The van der Waals surface area contributed by atoms with E-state index in [1.807, 2.05) is 0 Å². The molecule has 16 heavy (non-hydrogen) atoms. The lowest BCUT2D eigenvalue weighted by Gasteiger charge is -1.64. The summed E-state index contributed by atoms with van der Waals surface area (Å²) in [6.45, 7) is 14.4. The van der Waals surface area contributed by atoms with Gasteiger partial charge in [0.05, 0.1) is 0 Å². The Morgan fingerprint density at radius 2 is 0.938 bits per heavy atom. The van der Waals surface area contributed by atoms with Gasteiger partial charge in [-0.05, 0) is 0 Å². The van der Waals surface area contributed by atoms with Gasteiger partial charge in [0.25, 0.3) is 0 Å². The SMILES string of the molecule is C=CC(=O)O.C=CC(=O)O.CCC.CCC. The lowest BCUT2D eigenvalue weighted by Crippen LogP contribution is -1.82. The summed E-state index contributed by atoms with van der Waals surface area (Å²) in [6, 6.07) is 0. The molecule has 0 heterocycles. The van der Waals surface area contributed by atoms with E-state index in [2.05, 4.69) is 40.9 Å². The summed E-state index contributed by atoms with van der Waals surface area (Å²) < 4.78 is 0. The Morgan fingerprint density at radius 1 is 0.875 bits per heavy atom. The van der Waals surface area contributed by atoms with Crippen LogP contribution in [0.4, 0.5) is 0 Å². The minimum absolute atomic E-state index is 0.833. The van der Waals surface area contributed by atoms with Gasteiger partial charge in [-0.1, -0.05) is 53.7 Å². The quantitative estimate of drug-likeness (QED) is 0.716. The molecule has 0 aliphatic heterocycles. The van der Waals surface area contributed by atoms with Gasteiger partial charge in [0.1, 0.15) is 0 Å². The number of carboxylic acid groups (broad SMARTS) is 2. The first-order valence-electron chi connectivity index (χ1n) is 5.08. The molecule has 0 fully saturated rings. The second-order valence-corrected chi connectivity index (χ2v) is 2.50. The van der Waals surface area contributed by atoms with Crippen LogP contribution in [0.1, 0.15) is 40.5 Å². The molecule has 0 radical (unpaired) electrons. The largest absolute Gasteiger partial charge is 0.478 e. The molecule has 96 valence electrons. The molecule has 0 atom stereocenters. The molecule has 4 nitrogen and oxygen atoms in total. The molecule has 0 saturated carbocycles. The van der Waals surface area contributed by atoms with Crippen molar-refractivity contribution in [1.82, 2.24) is 0 Å². The molecule has 0 spiro atoms. The highest BCUT2D eigenvalue weighted by Crippen LogP contribution is 1.56. The third-order valence-electron chi connectivity index (χ3n) is 0.349. The Labute approximate surface area is 98.3 Å². The van der Waals surface area contributed by atoms with Crippen LogP contribution < -0.4 is 0 Å². The molecule has 0 aromatic heterocycles. The highest BCUT2D eigenvalue weighted by molar-refractivity contribution is 5.79. The van der Waals surface area contributed by atoms with Gasteiger partial charge in [-0.3, -0.25) is 0 Å². The predicted octanol–water partition coefficient (Wildman–Crippen LogP) is 3.35. The Kier molecular flexibility index (Phi) is 43.7. The number of carbonyl (C=O) groups is 2. The lowest BCUT2D eigenvalue weighted by atomic mass is 10.6. The number of rotatable bonds is 2. The smallest absolute Gasteiger partial charge is 0.327 e. The van der Waals surface area contributed by atoms with Crippen molar-refractivity contribution in [3.05, 3.63) is 25.3 Å². The third kappa shape index (κ3) is 277. The van der Waals surface area contributed by atoms with Crippen LogP contribution in [0.25, 0.3) is 0 Å². The van der Waals surface area contributed by atoms with Gasteiger partial charge in [-0.2, -0.15) is 0 Å². The summed E-state index contributed by atoms with van der Waals surface area (Å²) >= 11 is 0. The zero-order valence-corrected chi connectivity index (χ0v) is 10.7. The van der Waals surface area contributed by atoms with Gasteiger partial charge in [0.15, 0.2) is 0 Å².